The number of methoxy groups -OCH3 is 2. The molecular formula is C57H90N4O16. The van der Waals surface area contributed by atoms with Gasteiger partial charge in [-0.25, -0.2) is 9.59 Å². The van der Waals surface area contributed by atoms with Crippen molar-refractivity contribution in [3.05, 3.63) is 45.7 Å². The Balaban J connectivity index is 1.19. The number of nitrogens with one attached hydrogen (secondary N) is 2. The van der Waals surface area contributed by atoms with Crippen molar-refractivity contribution in [2.75, 3.05) is 48.0 Å². The normalized spacial score (nSPS) is 37.5. The van der Waals surface area contributed by atoms with Gasteiger partial charge in [0.25, 0.3) is 0 Å². The lowest BCUT2D eigenvalue weighted by atomic mass is 9.73. The smallest absolute Gasteiger partial charge is 0.408 e. The van der Waals surface area contributed by atoms with Gasteiger partial charge >= 0.3 is 18.0 Å². The van der Waals surface area contributed by atoms with Gasteiger partial charge in [0.15, 0.2) is 18.2 Å². The zero-order chi connectivity index (χ0) is 56.9. The van der Waals surface area contributed by atoms with Crippen molar-refractivity contribution >= 4 is 34.7 Å². The Morgan fingerprint density at radius 3 is 2.22 bits per heavy atom. The lowest BCUT2D eigenvalue weighted by Gasteiger charge is -2.50. The van der Waals surface area contributed by atoms with Crippen molar-refractivity contribution in [3.8, 4) is 0 Å². The summed E-state index contributed by atoms with van der Waals surface area (Å²) in [4.78, 5) is 69.1. The molecule has 1 aromatic carbocycles. The molecule has 6 rings (SSSR count). The number of ether oxygens (including phenoxy) is 9. The highest BCUT2D eigenvalue weighted by molar-refractivity contribution is 5.92. The summed E-state index contributed by atoms with van der Waals surface area (Å²) in [5, 5.41) is 28.2. The predicted octanol–water partition coefficient (Wildman–Crippen LogP) is 5.86. The number of carboxylic acids is 1. The molecular weight excluding hydrogens is 997 g/mol. The molecule has 18 atom stereocenters. The summed E-state index contributed by atoms with van der Waals surface area (Å²) in [6, 6.07) is 4.54. The SMILES string of the molecule is CC[C@@H]1OC(=O)[C@H](C)[C@H](O[C@@H]2C[C@](C)(OC)[C@H](OCCCNCCCc3ccc4c(c3)c(=O)c(C(=O)O)cn4CC)[C@H](C)O2)[C@@H](C)[C@H](O[C@H]2O[C@@H](C)C[C@@H](N(C)C)[C@H]2O)[C@](C)(OC)C[C@H](C)C(=O)[C@@H](C)[C@H]2NC(=O)O[C@@]12C. The Morgan fingerprint density at radius 1 is 0.909 bits per heavy atom. The van der Waals surface area contributed by atoms with E-state index < -0.39 is 119 Å². The summed E-state index contributed by atoms with van der Waals surface area (Å²) in [7, 11) is 6.95. The Morgan fingerprint density at radius 2 is 1.58 bits per heavy atom. The van der Waals surface area contributed by atoms with E-state index in [1.54, 1.807) is 45.6 Å². The minimum atomic E-state index is -1.39. The number of aliphatic hydroxyl groups excluding tert-OH is 1. The Hall–Kier alpha value is -4.09. The number of benzene rings is 1. The van der Waals surface area contributed by atoms with Crippen molar-refractivity contribution in [1.29, 1.82) is 0 Å². The van der Waals surface area contributed by atoms with Crippen LogP contribution in [0, 0.1) is 23.7 Å². The number of fused-ring (bicyclic) bond motifs is 2. The lowest BCUT2D eigenvalue weighted by molar-refractivity contribution is -0.322. The predicted molar refractivity (Wildman–Crippen MR) is 287 cm³/mol. The summed E-state index contributed by atoms with van der Waals surface area (Å²) in [5.74, 6) is -5.13. The number of carbonyl (C=O) groups is 4. The van der Waals surface area contributed by atoms with E-state index in [2.05, 4.69) is 10.6 Å². The number of nitrogens with zero attached hydrogens (tertiary/aromatic N) is 2. The van der Waals surface area contributed by atoms with Gasteiger partial charge in [0, 0.05) is 69.2 Å². The number of alkyl carbamates (subject to hydrolysis) is 1. The molecule has 0 saturated carbocycles. The van der Waals surface area contributed by atoms with Crippen LogP contribution in [0.25, 0.3) is 10.9 Å². The van der Waals surface area contributed by atoms with E-state index in [1.165, 1.54) is 6.20 Å². The number of aryl methyl sites for hydroxylation is 2. The molecule has 2 aromatic rings. The van der Waals surface area contributed by atoms with Crippen LogP contribution >= 0.6 is 0 Å². The van der Waals surface area contributed by atoms with E-state index in [0.29, 0.717) is 49.9 Å². The second-order valence-electron chi connectivity index (χ2n) is 23.0. The number of hydrogen-bond donors (Lipinski definition) is 4. The van der Waals surface area contributed by atoms with E-state index in [9.17, 15) is 34.2 Å². The number of cyclic esters (lactones) is 1. The molecule has 0 spiro atoms. The Bertz CT molecular complexity index is 2420. The first-order valence-corrected chi connectivity index (χ1v) is 27.8. The van der Waals surface area contributed by atoms with E-state index >= 15 is 0 Å². The maximum Gasteiger partial charge on any atom is 0.408 e. The van der Waals surface area contributed by atoms with E-state index in [-0.39, 0.29) is 42.8 Å². The number of aromatic carboxylic acids is 1. The molecule has 0 bridgehead atoms. The molecule has 0 radical (unpaired) electrons. The third-order valence-electron chi connectivity index (χ3n) is 17.2. The highest BCUT2D eigenvalue weighted by Crippen LogP contribution is 2.43. The van der Waals surface area contributed by atoms with Crippen molar-refractivity contribution in [3.63, 3.8) is 0 Å². The number of rotatable bonds is 19. The standard InChI is InChI=1S/C57H90N4O16/c1-16-42-57(11)48(59-54(68)77-57)33(5)44(62)31(3)28-55(9,69-14)49(76-53-46(64)41(60(12)13)26-32(4)72-53)34(6)47(35(7)52(67)74-42)75-43-29-56(10,70-15)50(36(8)73-43)71-25-19-24-58-23-18-20-37-21-22-40-38(27-37)45(63)39(51(65)66)30-61(40)17-2/h21-22,27,30-36,41-43,46-50,53,58,64H,16-20,23-26,28-29H2,1-15H3,(H,59,68)(H,65,66)/t31-,32-,33+,34+,35+,36-,41+,42-,43+,46+,47+,48+,49-,50+,53+,55+,56-,57-/m0/s1. The highest BCUT2D eigenvalue weighted by Gasteiger charge is 2.58. The van der Waals surface area contributed by atoms with Crippen LogP contribution in [0.4, 0.5) is 4.79 Å². The number of hydrogen-bond acceptors (Lipinski definition) is 17. The number of aromatic nitrogens is 1. The van der Waals surface area contributed by atoms with Gasteiger partial charge in [-0.05, 0) is 132 Å². The third kappa shape index (κ3) is 13.6. The van der Waals surface area contributed by atoms with Crippen LogP contribution in [-0.4, -0.2) is 176 Å². The number of Topliss-reactive ketones (excluding diaryl/α,β-unsaturated/α-hetero) is 1. The molecule has 4 N–H and O–H groups in total. The molecule has 5 heterocycles. The molecule has 20 heteroatoms. The second kappa shape index (κ2) is 26.0. The zero-order valence-corrected chi connectivity index (χ0v) is 48.3. The number of pyridine rings is 1. The molecule has 77 heavy (non-hydrogen) atoms. The molecule has 434 valence electrons. The Labute approximate surface area is 454 Å². The topological polar surface area (TPSA) is 241 Å². The number of ketones is 1. The quantitative estimate of drug-likeness (QED) is 0.0951. The summed E-state index contributed by atoms with van der Waals surface area (Å²) in [5.41, 5.74) is -2.61. The van der Waals surface area contributed by atoms with Gasteiger partial charge in [0.2, 0.25) is 5.43 Å². The van der Waals surface area contributed by atoms with Crippen molar-refractivity contribution in [2.45, 2.75) is 212 Å². The fourth-order valence-electron chi connectivity index (χ4n) is 12.6. The largest absolute Gasteiger partial charge is 0.477 e. The number of likely N-dealkylation sites (N-methyl/N-ethyl adjacent to an activating group) is 1. The minimum Gasteiger partial charge on any atom is -0.477 e. The minimum absolute atomic E-state index is 0.151. The molecule has 4 fully saturated rings. The fraction of sp³-hybridized carbons (Fsp3) is 0.772. The van der Waals surface area contributed by atoms with Crippen molar-refractivity contribution in [2.24, 2.45) is 23.7 Å². The molecule has 4 aliphatic rings. The Kier molecular flexibility index (Phi) is 21.0. The van der Waals surface area contributed by atoms with E-state index in [4.69, 9.17) is 42.6 Å². The van der Waals surface area contributed by atoms with Gasteiger partial charge in [-0.2, -0.15) is 0 Å². The van der Waals surface area contributed by atoms with Crippen LogP contribution in [0.3, 0.4) is 0 Å². The average Bonchev–Trinajstić information content (AvgIpc) is 3.74. The van der Waals surface area contributed by atoms with Crippen LogP contribution in [0.1, 0.15) is 131 Å². The number of amides is 1. The van der Waals surface area contributed by atoms with E-state index in [0.717, 1.165) is 18.5 Å². The van der Waals surface area contributed by atoms with Crippen LogP contribution in [0.15, 0.2) is 29.2 Å². The molecule has 4 aliphatic heterocycles. The van der Waals surface area contributed by atoms with Crippen LogP contribution < -0.4 is 16.1 Å². The number of aliphatic hydroxyl groups is 1. The first kappa shape index (κ1) is 62.1. The maximum absolute atomic E-state index is 14.8. The first-order chi connectivity index (χ1) is 36.3. The summed E-state index contributed by atoms with van der Waals surface area (Å²) < 4.78 is 60.4. The van der Waals surface area contributed by atoms with Crippen LogP contribution in [-0.2, 0) is 65.2 Å². The van der Waals surface area contributed by atoms with Gasteiger partial charge < -0.3 is 72.9 Å². The molecule has 4 saturated heterocycles. The zero-order valence-electron chi connectivity index (χ0n) is 48.3. The molecule has 1 aromatic heterocycles. The molecule has 0 unspecified atom stereocenters. The third-order valence-corrected chi connectivity index (χ3v) is 17.2. The molecule has 20 nitrogen and oxygen atoms in total. The van der Waals surface area contributed by atoms with Gasteiger partial charge in [-0.1, -0.05) is 33.8 Å². The van der Waals surface area contributed by atoms with Gasteiger partial charge in [-0.3, -0.25) is 14.4 Å². The maximum atomic E-state index is 14.8. The number of esters is 1. The van der Waals surface area contributed by atoms with Gasteiger partial charge in [0.1, 0.15) is 29.7 Å². The van der Waals surface area contributed by atoms with Crippen molar-refractivity contribution < 1.29 is 72.0 Å². The van der Waals surface area contributed by atoms with Gasteiger partial charge in [-0.15, -0.1) is 0 Å². The first-order valence-electron chi connectivity index (χ1n) is 27.8. The fourth-order valence-corrected chi connectivity index (χ4v) is 12.6. The van der Waals surface area contributed by atoms with Gasteiger partial charge in [0.05, 0.1) is 53.1 Å². The monoisotopic (exact) mass is 1090 g/mol. The number of carbonyl (C=O) groups excluding carboxylic acids is 3. The lowest BCUT2D eigenvalue weighted by Crippen LogP contribution is -2.61. The summed E-state index contributed by atoms with van der Waals surface area (Å²) in [6.45, 7) is 22.6. The highest BCUT2D eigenvalue weighted by atomic mass is 16.7. The molecule has 1 amide bonds. The summed E-state index contributed by atoms with van der Waals surface area (Å²) in [6.07, 6.45) is -3.28. The van der Waals surface area contributed by atoms with Crippen molar-refractivity contribution in [1.82, 2.24) is 20.1 Å². The van der Waals surface area contributed by atoms with Crippen LogP contribution in [0.2, 0.25) is 0 Å². The second-order valence-corrected chi connectivity index (χ2v) is 23.0. The molecule has 0 aliphatic carbocycles. The summed E-state index contributed by atoms with van der Waals surface area (Å²) >= 11 is 0. The number of carboxylic acid groups (broad SMARTS) is 1. The van der Waals surface area contributed by atoms with Crippen LogP contribution in [0.5, 0.6) is 0 Å². The van der Waals surface area contributed by atoms with E-state index in [1.807, 2.05) is 86.5 Å². The average molecular weight is 1090 g/mol.